The van der Waals surface area contributed by atoms with Crippen LogP contribution in [0, 0.1) is 25.7 Å². The zero-order chi connectivity index (χ0) is 16.3. The quantitative estimate of drug-likeness (QED) is 0.930. The van der Waals surface area contributed by atoms with Crippen molar-refractivity contribution in [2.24, 2.45) is 11.8 Å². The van der Waals surface area contributed by atoms with E-state index in [0.29, 0.717) is 25.0 Å². The maximum atomic E-state index is 12.5. The minimum Gasteiger partial charge on any atom is -0.383 e. The Bertz CT molecular complexity index is 516. The van der Waals surface area contributed by atoms with Crippen LogP contribution in [0.4, 0.5) is 10.5 Å². The second-order valence-corrected chi connectivity index (χ2v) is 6.54. The number of methoxy groups -OCH3 is 1. The third-order valence-electron chi connectivity index (χ3n) is 4.28. The molecule has 22 heavy (non-hydrogen) atoms. The monoisotopic (exact) mass is 308 g/mol. The highest BCUT2D eigenvalue weighted by molar-refractivity contribution is 5.90. The molecular formula is C16H28N4O2. The second kappa shape index (κ2) is 7.13. The zero-order valence-electron chi connectivity index (χ0n) is 14.3. The average Bonchev–Trinajstić information content (AvgIpc) is 2.71. The van der Waals surface area contributed by atoms with Gasteiger partial charge in [-0.2, -0.15) is 5.10 Å². The first-order valence-corrected chi connectivity index (χ1v) is 8.01. The summed E-state index contributed by atoms with van der Waals surface area (Å²) in [6.07, 6.45) is 1.19. The topological polar surface area (TPSA) is 59.4 Å². The minimum absolute atomic E-state index is 0.0177. The fourth-order valence-corrected chi connectivity index (χ4v) is 3.29. The summed E-state index contributed by atoms with van der Waals surface area (Å²) in [7, 11) is 1.67. The first kappa shape index (κ1) is 16.8. The molecule has 1 aromatic rings. The van der Waals surface area contributed by atoms with Gasteiger partial charge in [0.1, 0.15) is 0 Å². The molecule has 2 rings (SSSR count). The van der Waals surface area contributed by atoms with Gasteiger partial charge in [-0.25, -0.2) is 4.79 Å². The van der Waals surface area contributed by atoms with Crippen LogP contribution < -0.4 is 5.32 Å². The van der Waals surface area contributed by atoms with Crippen LogP contribution in [0.2, 0.25) is 0 Å². The molecule has 1 aliphatic rings. The number of carbonyl (C=O) groups is 1. The molecule has 1 fully saturated rings. The van der Waals surface area contributed by atoms with Gasteiger partial charge in [-0.3, -0.25) is 4.68 Å². The number of anilines is 1. The fraction of sp³-hybridized carbons (Fsp3) is 0.750. The molecule has 2 atom stereocenters. The van der Waals surface area contributed by atoms with Crippen LogP contribution in [0.1, 0.15) is 31.7 Å². The lowest BCUT2D eigenvalue weighted by atomic mass is 9.92. The summed E-state index contributed by atoms with van der Waals surface area (Å²) in [6, 6.07) is -0.0177. The van der Waals surface area contributed by atoms with Crippen LogP contribution in [-0.4, -0.2) is 47.5 Å². The van der Waals surface area contributed by atoms with Gasteiger partial charge in [-0.15, -0.1) is 0 Å². The predicted molar refractivity (Wildman–Crippen MR) is 87.1 cm³/mol. The van der Waals surface area contributed by atoms with E-state index >= 15 is 0 Å². The summed E-state index contributed by atoms with van der Waals surface area (Å²) in [5.41, 5.74) is 2.65. The summed E-state index contributed by atoms with van der Waals surface area (Å²) >= 11 is 0. The predicted octanol–water partition coefficient (Wildman–Crippen LogP) is 2.66. The molecule has 0 bridgehead atoms. The van der Waals surface area contributed by atoms with E-state index in [4.69, 9.17) is 4.74 Å². The van der Waals surface area contributed by atoms with Crippen molar-refractivity contribution in [1.82, 2.24) is 14.7 Å². The zero-order valence-corrected chi connectivity index (χ0v) is 14.3. The number of aromatic nitrogens is 2. The number of nitrogens with one attached hydrogen (secondary N) is 1. The summed E-state index contributed by atoms with van der Waals surface area (Å²) in [5.74, 6) is 1.11. The van der Waals surface area contributed by atoms with Crippen molar-refractivity contribution in [3.63, 3.8) is 0 Å². The third-order valence-corrected chi connectivity index (χ3v) is 4.28. The van der Waals surface area contributed by atoms with Crippen molar-refractivity contribution < 1.29 is 9.53 Å². The van der Waals surface area contributed by atoms with E-state index < -0.39 is 0 Å². The highest BCUT2D eigenvalue weighted by Crippen LogP contribution is 2.24. The van der Waals surface area contributed by atoms with Gasteiger partial charge in [-0.1, -0.05) is 13.8 Å². The molecule has 0 radical (unpaired) electrons. The molecule has 1 aliphatic heterocycles. The van der Waals surface area contributed by atoms with E-state index in [1.165, 1.54) is 6.42 Å². The van der Waals surface area contributed by atoms with Crippen LogP contribution in [0.25, 0.3) is 0 Å². The maximum absolute atomic E-state index is 12.5. The van der Waals surface area contributed by atoms with Gasteiger partial charge in [0.15, 0.2) is 0 Å². The maximum Gasteiger partial charge on any atom is 0.321 e. The van der Waals surface area contributed by atoms with Crippen LogP contribution >= 0.6 is 0 Å². The number of ether oxygens (including phenoxy) is 1. The third kappa shape index (κ3) is 3.80. The molecule has 6 heteroatoms. The van der Waals surface area contributed by atoms with Gasteiger partial charge >= 0.3 is 6.03 Å². The molecule has 0 unspecified atom stereocenters. The van der Waals surface area contributed by atoms with E-state index in [0.717, 1.165) is 30.2 Å². The van der Waals surface area contributed by atoms with Crippen LogP contribution in [0.3, 0.4) is 0 Å². The first-order chi connectivity index (χ1) is 10.4. The SMILES string of the molecule is COCCn1nc(C)c(NC(=O)N2C[C@H](C)C[C@@H](C)C2)c1C. The standard InChI is InChI=1S/C16H28N4O2/c1-11-8-12(2)10-19(9-11)16(21)17-15-13(3)18-20(14(15)4)6-7-22-5/h11-12H,6-10H2,1-5H3,(H,17,21)/t11-,12-/m1/s1. The number of piperidine rings is 1. The number of urea groups is 1. The van der Waals surface area contributed by atoms with Crippen molar-refractivity contribution in [2.45, 2.75) is 40.7 Å². The molecule has 1 N–H and O–H groups in total. The summed E-state index contributed by atoms with van der Waals surface area (Å²) < 4.78 is 6.98. The highest BCUT2D eigenvalue weighted by atomic mass is 16.5. The van der Waals surface area contributed by atoms with Gasteiger partial charge in [0, 0.05) is 20.2 Å². The van der Waals surface area contributed by atoms with E-state index in [1.807, 2.05) is 23.4 Å². The van der Waals surface area contributed by atoms with E-state index in [-0.39, 0.29) is 6.03 Å². The Morgan fingerprint density at radius 3 is 2.55 bits per heavy atom. The molecule has 0 aromatic carbocycles. The van der Waals surface area contributed by atoms with Gasteiger partial charge in [0.25, 0.3) is 0 Å². The highest BCUT2D eigenvalue weighted by Gasteiger charge is 2.26. The minimum atomic E-state index is -0.0177. The largest absolute Gasteiger partial charge is 0.383 e. The molecule has 2 amide bonds. The lowest BCUT2D eigenvalue weighted by molar-refractivity contribution is 0.156. The van der Waals surface area contributed by atoms with Gasteiger partial charge in [-0.05, 0) is 32.1 Å². The van der Waals surface area contributed by atoms with Crippen LogP contribution in [0.15, 0.2) is 0 Å². The Kier molecular flexibility index (Phi) is 5.45. The molecule has 124 valence electrons. The molecule has 1 aromatic heterocycles. The normalized spacial score (nSPS) is 22.0. The smallest absolute Gasteiger partial charge is 0.321 e. The summed E-state index contributed by atoms with van der Waals surface area (Å²) in [6.45, 7) is 11.3. The number of carbonyl (C=O) groups excluding carboxylic acids is 1. The summed E-state index contributed by atoms with van der Waals surface area (Å²) in [4.78, 5) is 14.5. The molecule has 0 spiro atoms. The van der Waals surface area contributed by atoms with Crippen molar-refractivity contribution in [3.05, 3.63) is 11.4 Å². The van der Waals surface area contributed by atoms with Crippen molar-refractivity contribution in [3.8, 4) is 0 Å². The van der Waals surface area contributed by atoms with E-state index in [2.05, 4.69) is 24.3 Å². The Morgan fingerprint density at radius 2 is 1.95 bits per heavy atom. The number of hydrogen-bond acceptors (Lipinski definition) is 3. The Hall–Kier alpha value is -1.56. The number of nitrogens with zero attached hydrogens (tertiary/aromatic N) is 3. The van der Waals surface area contributed by atoms with Crippen molar-refractivity contribution >= 4 is 11.7 Å². The lowest BCUT2D eigenvalue weighted by Gasteiger charge is -2.34. The molecular weight excluding hydrogens is 280 g/mol. The number of hydrogen-bond donors (Lipinski definition) is 1. The van der Waals surface area contributed by atoms with Crippen molar-refractivity contribution in [2.75, 3.05) is 32.1 Å². The Morgan fingerprint density at radius 1 is 1.32 bits per heavy atom. The molecule has 0 aliphatic carbocycles. The Labute approximate surface area is 132 Å². The van der Waals surface area contributed by atoms with E-state index in [1.54, 1.807) is 7.11 Å². The first-order valence-electron chi connectivity index (χ1n) is 8.01. The average molecular weight is 308 g/mol. The fourth-order valence-electron chi connectivity index (χ4n) is 3.29. The summed E-state index contributed by atoms with van der Waals surface area (Å²) in [5, 5.41) is 7.53. The second-order valence-electron chi connectivity index (χ2n) is 6.54. The molecule has 6 nitrogen and oxygen atoms in total. The van der Waals surface area contributed by atoms with Crippen molar-refractivity contribution in [1.29, 1.82) is 0 Å². The molecule has 2 heterocycles. The number of likely N-dealkylation sites (tertiary alicyclic amines) is 1. The molecule has 0 saturated carbocycles. The molecule has 1 saturated heterocycles. The lowest BCUT2D eigenvalue weighted by Crippen LogP contribution is -2.44. The van der Waals surface area contributed by atoms with Crippen LogP contribution in [0.5, 0.6) is 0 Å². The number of rotatable bonds is 4. The Balaban J connectivity index is 2.06. The van der Waals surface area contributed by atoms with Gasteiger partial charge in [0.2, 0.25) is 0 Å². The van der Waals surface area contributed by atoms with E-state index in [9.17, 15) is 4.79 Å². The van der Waals surface area contributed by atoms with Gasteiger partial charge < -0.3 is 15.0 Å². The van der Waals surface area contributed by atoms with Crippen LogP contribution in [-0.2, 0) is 11.3 Å². The van der Waals surface area contributed by atoms with Gasteiger partial charge in [0.05, 0.1) is 30.2 Å². The number of amides is 2. The number of aryl methyl sites for hydroxylation is 1.